The van der Waals surface area contributed by atoms with Crippen LogP contribution in [0.2, 0.25) is 5.02 Å². The third-order valence-corrected chi connectivity index (χ3v) is 6.33. The van der Waals surface area contributed by atoms with Crippen LogP contribution in [0.5, 0.6) is 5.88 Å². The van der Waals surface area contributed by atoms with Gasteiger partial charge in [-0.1, -0.05) is 29.8 Å². The average molecular weight is 440 g/mol. The summed E-state index contributed by atoms with van der Waals surface area (Å²) in [5, 5.41) is 5.80. The number of amides is 2. The highest BCUT2D eigenvalue weighted by Crippen LogP contribution is 2.35. The summed E-state index contributed by atoms with van der Waals surface area (Å²) in [7, 11) is 1.53. The molecule has 0 spiro atoms. The number of rotatable bonds is 3. The van der Waals surface area contributed by atoms with Crippen LogP contribution in [0.3, 0.4) is 0 Å². The van der Waals surface area contributed by atoms with Gasteiger partial charge in [-0.25, -0.2) is 10.4 Å². The van der Waals surface area contributed by atoms with Crippen LogP contribution in [0.1, 0.15) is 34.8 Å². The van der Waals surface area contributed by atoms with Crippen molar-refractivity contribution in [3.8, 4) is 5.88 Å². The largest absolute Gasteiger partial charge is 0.481 e. The Labute approximate surface area is 184 Å². The number of hydrogen-bond acceptors (Lipinski definition) is 6. The van der Waals surface area contributed by atoms with Crippen LogP contribution < -0.4 is 15.5 Å². The Balaban J connectivity index is 1.32. The minimum Gasteiger partial charge on any atom is -0.481 e. The van der Waals surface area contributed by atoms with Crippen molar-refractivity contribution in [2.75, 3.05) is 20.2 Å². The van der Waals surface area contributed by atoms with E-state index in [1.165, 1.54) is 13.3 Å². The number of carbonyl (C=O) groups is 2. The van der Waals surface area contributed by atoms with Gasteiger partial charge in [0.05, 0.1) is 30.8 Å². The smallest absolute Gasteiger partial charge is 0.269 e. The number of halogens is 1. The SMILES string of the molecule is COc1ccc(C(=O)N2CCC3=C(C2)C(=O)N2NC(c4ccccc4Cl)CC2N3)cn1. The molecule has 0 aliphatic carbocycles. The predicted octanol–water partition coefficient (Wildman–Crippen LogP) is 2.25. The fourth-order valence-corrected chi connectivity index (χ4v) is 4.63. The molecule has 4 heterocycles. The number of hydrogen-bond donors (Lipinski definition) is 2. The first kappa shape index (κ1) is 19.8. The van der Waals surface area contributed by atoms with Crippen LogP contribution in [0, 0.1) is 0 Å². The lowest BCUT2D eigenvalue weighted by Crippen LogP contribution is -2.57. The molecule has 160 valence electrons. The Morgan fingerprint density at radius 1 is 1.26 bits per heavy atom. The maximum atomic E-state index is 13.3. The van der Waals surface area contributed by atoms with Crippen molar-refractivity contribution in [3.05, 3.63) is 70.0 Å². The Kier molecular flexibility index (Phi) is 5.03. The van der Waals surface area contributed by atoms with Gasteiger partial charge in [-0.05, 0) is 17.7 Å². The number of nitrogens with one attached hydrogen (secondary N) is 2. The second-order valence-electron chi connectivity index (χ2n) is 7.80. The summed E-state index contributed by atoms with van der Waals surface area (Å²) in [5.74, 6) is 0.199. The number of carbonyl (C=O) groups excluding carboxylic acids is 2. The minimum atomic E-state index is -0.153. The number of methoxy groups -OCH3 is 1. The van der Waals surface area contributed by atoms with Crippen molar-refractivity contribution in [3.63, 3.8) is 0 Å². The van der Waals surface area contributed by atoms with E-state index >= 15 is 0 Å². The quantitative estimate of drug-likeness (QED) is 0.762. The average Bonchev–Trinajstić information content (AvgIpc) is 3.23. The standard InChI is InChI=1S/C22H22ClN5O3/c1-31-20-7-6-13(11-24-20)21(29)27-9-8-17-15(12-27)22(30)28-19(25-17)10-18(26-28)14-4-2-3-5-16(14)23/h2-7,11,18-19,25-26H,8-10,12H2,1H3. The lowest BCUT2D eigenvalue weighted by molar-refractivity contribution is -0.133. The van der Waals surface area contributed by atoms with Crippen molar-refractivity contribution in [1.29, 1.82) is 0 Å². The first-order valence-corrected chi connectivity index (χ1v) is 10.5. The molecule has 1 fully saturated rings. The summed E-state index contributed by atoms with van der Waals surface area (Å²) in [6.45, 7) is 0.797. The third-order valence-electron chi connectivity index (χ3n) is 5.99. The maximum Gasteiger partial charge on any atom is 0.269 e. The number of ether oxygens (including phenoxy) is 1. The molecule has 1 saturated heterocycles. The van der Waals surface area contributed by atoms with Crippen molar-refractivity contribution >= 4 is 23.4 Å². The fourth-order valence-electron chi connectivity index (χ4n) is 4.37. The van der Waals surface area contributed by atoms with Gasteiger partial charge < -0.3 is 15.0 Å². The first-order valence-electron chi connectivity index (χ1n) is 10.2. The number of aromatic nitrogens is 1. The molecule has 1 aromatic heterocycles. The second-order valence-corrected chi connectivity index (χ2v) is 8.20. The lowest BCUT2D eigenvalue weighted by atomic mass is 9.99. The number of nitrogens with zero attached hydrogens (tertiary/aromatic N) is 3. The fraction of sp³-hybridized carbons (Fsp3) is 0.318. The zero-order valence-corrected chi connectivity index (χ0v) is 17.7. The molecule has 2 N–H and O–H groups in total. The first-order chi connectivity index (χ1) is 15.0. The van der Waals surface area contributed by atoms with Gasteiger partial charge in [-0.3, -0.25) is 14.6 Å². The van der Waals surface area contributed by atoms with E-state index < -0.39 is 0 Å². The third kappa shape index (κ3) is 3.51. The number of benzene rings is 1. The van der Waals surface area contributed by atoms with Gasteiger partial charge in [0.1, 0.15) is 6.17 Å². The van der Waals surface area contributed by atoms with E-state index in [9.17, 15) is 9.59 Å². The van der Waals surface area contributed by atoms with Gasteiger partial charge in [0.15, 0.2) is 0 Å². The summed E-state index contributed by atoms with van der Waals surface area (Å²) in [5.41, 5.74) is 6.27. The summed E-state index contributed by atoms with van der Waals surface area (Å²) in [4.78, 5) is 32.0. The van der Waals surface area contributed by atoms with Crippen molar-refractivity contribution in [1.82, 2.24) is 25.6 Å². The molecule has 31 heavy (non-hydrogen) atoms. The summed E-state index contributed by atoms with van der Waals surface area (Å²) >= 11 is 6.36. The molecule has 2 amide bonds. The van der Waals surface area contributed by atoms with Crippen LogP contribution in [-0.2, 0) is 4.79 Å². The summed E-state index contributed by atoms with van der Waals surface area (Å²) in [6, 6.07) is 10.9. The molecule has 5 rings (SSSR count). The van der Waals surface area contributed by atoms with E-state index in [0.29, 0.717) is 41.4 Å². The molecular weight excluding hydrogens is 418 g/mol. The number of fused-ring (bicyclic) bond motifs is 1. The molecule has 0 bridgehead atoms. The van der Waals surface area contributed by atoms with Crippen LogP contribution in [0.4, 0.5) is 0 Å². The lowest BCUT2D eigenvalue weighted by Gasteiger charge is -2.39. The normalized spacial score (nSPS) is 22.7. The number of hydrazine groups is 1. The maximum absolute atomic E-state index is 13.3. The Bertz CT molecular complexity index is 1070. The van der Waals surface area contributed by atoms with Crippen molar-refractivity contribution < 1.29 is 14.3 Å². The van der Waals surface area contributed by atoms with Crippen LogP contribution in [0.25, 0.3) is 0 Å². The minimum absolute atomic E-state index is 0.0559. The Hall–Kier alpha value is -3.10. The zero-order chi connectivity index (χ0) is 21.5. The molecule has 9 heteroatoms. The van der Waals surface area contributed by atoms with Gasteiger partial charge in [-0.15, -0.1) is 0 Å². The van der Waals surface area contributed by atoms with Gasteiger partial charge in [-0.2, -0.15) is 0 Å². The van der Waals surface area contributed by atoms with Crippen molar-refractivity contribution in [2.24, 2.45) is 0 Å². The van der Waals surface area contributed by atoms with Gasteiger partial charge in [0.2, 0.25) is 5.88 Å². The second kappa shape index (κ2) is 7.86. The van der Waals surface area contributed by atoms with Gasteiger partial charge in [0.25, 0.3) is 11.8 Å². The highest BCUT2D eigenvalue weighted by atomic mass is 35.5. The molecule has 2 aromatic rings. The molecule has 8 nitrogen and oxygen atoms in total. The molecular formula is C22H22ClN5O3. The molecule has 0 saturated carbocycles. The highest BCUT2D eigenvalue weighted by molar-refractivity contribution is 6.31. The number of pyridine rings is 1. The van der Waals surface area contributed by atoms with E-state index in [4.69, 9.17) is 16.3 Å². The topological polar surface area (TPSA) is 86.8 Å². The van der Waals surface area contributed by atoms with E-state index in [2.05, 4.69) is 15.7 Å². The van der Waals surface area contributed by atoms with Crippen LogP contribution >= 0.6 is 11.6 Å². The Morgan fingerprint density at radius 2 is 2.10 bits per heavy atom. The van der Waals surface area contributed by atoms with Gasteiger partial charge in [0, 0.05) is 42.4 Å². The predicted molar refractivity (Wildman–Crippen MR) is 114 cm³/mol. The van der Waals surface area contributed by atoms with Crippen molar-refractivity contribution in [2.45, 2.75) is 25.0 Å². The molecule has 1 aromatic carbocycles. The molecule has 0 radical (unpaired) electrons. The zero-order valence-electron chi connectivity index (χ0n) is 17.0. The molecule has 3 aliphatic rings. The van der Waals surface area contributed by atoms with Gasteiger partial charge >= 0.3 is 0 Å². The molecule has 3 aliphatic heterocycles. The highest BCUT2D eigenvalue weighted by Gasteiger charge is 2.43. The monoisotopic (exact) mass is 439 g/mol. The molecule has 2 unspecified atom stereocenters. The van der Waals surface area contributed by atoms with E-state index in [1.54, 1.807) is 22.0 Å². The summed E-state index contributed by atoms with van der Waals surface area (Å²) in [6.07, 6.45) is 2.68. The van der Waals surface area contributed by atoms with E-state index in [-0.39, 0.29) is 30.6 Å². The molecule has 2 atom stereocenters. The summed E-state index contributed by atoms with van der Waals surface area (Å²) < 4.78 is 5.05. The Morgan fingerprint density at radius 3 is 2.84 bits per heavy atom. The van der Waals surface area contributed by atoms with Crippen LogP contribution in [0.15, 0.2) is 53.9 Å². The van der Waals surface area contributed by atoms with E-state index in [1.807, 2.05) is 24.3 Å². The van der Waals surface area contributed by atoms with Crippen LogP contribution in [-0.4, -0.2) is 53.1 Å². The van der Waals surface area contributed by atoms with E-state index in [0.717, 1.165) is 11.3 Å².